The van der Waals surface area contributed by atoms with Gasteiger partial charge in [-0.3, -0.25) is 0 Å². The first-order chi connectivity index (χ1) is 9.51. The summed E-state index contributed by atoms with van der Waals surface area (Å²) in [6.07, 6.45) is 0.709. The maximum atomic E-state index is 14.1. The number of halogens is 2. The highest BCUT2D eigenvalue weighted by Gasteiger charge is 2.18. The van der Waals surface area contributed by atoms with Gasteiger partial charge in [0.25, 0.3) is 0 Å². The Balaban J connectivity index is 2.28. The highest BCUT2D eigenvalue weighted by Crippen LogP contribution is 2.27. The van der Waals surface area contributed by atoms with Gasteiger partial charge in [-0.15, -0.1) is 11.3 Å². The zero-order valence-electron chi connectivity index (χ0n) is 11.8. The number of aryl methyl sites for hydroxylation is 2. The van der Waals surface area contributed by atoms with Crippen LogP contribution in [0.5, 0.6) is 0 Å². The maximum absolute atomic E-state index is 14.1. The Kier molecular flexibility index (Phi) is 5.29. The van der Waals surface area contributed by atoms with Gasteiger partial charge in [-0.25, -0.2) is 9.37 Å². The lowest BCUT2D eigenvalue weighted by molar-refractivity contribution is 0.509. The van der Waals surface area contributed by atoms with E-state index in [1.54, 1.807) is 17.4 Å². The third kappa shape index (κ3) is 3.65. The molecule has 5 heteroatoms. The molecule has 0 aliphatic carbocycles. The molecule has 0 amide bonds. The molecule has 0 fully saturated rings. The molecule has 1 atom stereocenters. The number of hydrogen-bond acceptors (Lipinski definition) is 3. The predicted molar refractivity (Wildman–Crippen MR) is 85.8 cm³/mol. The average Bonchev–Trinajstić information content (AvgIpc) is 2.71. The minimum atomic E-state index is -0.177. The van der Waals surface area contributed by atoms with Gasteiger partial charge in [0.05, 0.1) is 10.7 Å². The summed E-state index contributed by atoms with van der Waals surface area (Å²) in [5.74, 6) is -0.177. The van der Waals surface area contributed by atoms with Crippen LogP contribution in [0, 0.1) is 19.7 Å². The number of aromatic nitrogens is 1. The van der Waals surface area contributed by atoms with Crippen LogP contribution in [0.1, 0.15) is 34.1 Å². The fraction of sp³-hybridized carbons (Fsp3) is 0.400. The van der Waals surface area contributed by atoms with E-state index in [9.17, 15) is 4.39 Å². The number of thiazole rings is 1. The van der Waals surface area contributed by atoms with Gasteiger partial charge < -0.3 is 5.32 Å². The van der Waals surface area contributed by atoms with E-state index in [4.69, 9.17) is 0 Å². The van der Waals surface area contributed by atoms with Crippen molar-refractivity contribution in [2.75, 3.05) is 6.54 Å². The molecule has 1 N–H and O–H groups in total. The number of hydrogen-bond donors (Lipinski definition) is 1. The Morgan fingerprint density at radius 2 is 2.15 bits per heavy atom. The number of nitrogens with zero attached hydrogens (tertiary/aromatic N) is 1. The molecule has 2 nitrogen and oxygen atoms in total. The Hall–Kier alpha value is -0.780. The van der Waals surface area contributed by atoms with Crippen LogP contribution in [0.3, 0.4) is 0 Å². The van der Waals surface area contributed by atoms with E-state index >= 15 is 0 Å². The summed E-state index contributed by atoms with van der Waals surface area (Å²) in [6.45, 7) is 6.90. The van der Waals surface area contributed by atoms with Gasteiger partial charge in [0.2, 0.25) is 0 Å². The van der Waals surface area contributed by atoms with Gasteiger partial charge in [-0.1, -0.05) is 22.9 Å². The fourth-order valence-electron chi connectivity index (χ4n) is 2.12. The summed E-state index contributed by atoms with van der Waals surface area (Å²) in [5.41, 5.74) is 1.75. The summed E-state index contributed by atoms with van der Waals surface area (Å²) < 4.78 is 14.9. The molecular formula is C15H18BrFN2S. The molecule has 108 valence electrons. The standard InChI is InChI=1S/C15H18BrFN2S/c1-4-18-14(8-15-19-9(2)10(3)20-15)12-7-11(16)5-6-13(12)17/h5-7,14,18H,4,8H2,1-3H3. The smallest absolute Gasteiger partial charge is 0.128 e. The average molecular weight is 357 g/mol. The van der Waals surface area contributed by atoms with Crippen LogP contribution >= 0.6 is 27.3 Å². The molecule has 2 rings (SSSR count). The SMILES string of the molecule is CCNC(Cc1nc(C)c(C)s1)c1cc(Br)ccc1F. The lowest BCUT2D eigenvalue weighted by atomic mass is 10.0. The van der Waals surface area contributed by atoms with E-state index in [-0.39, 0.29) is 11.9 Å². The molecule has 20 heavy (non-hydrogen) atoms. The Bertz CT molecular complexity index is 578. The number of benzene rings is 1. The molecule has 0 radical (unpaired) electrons. The predicted octanol–water partition coefficient (Wildman–Crippen LogP) is 4.55. The Morgan fingerprint density at radius 1 is 1.40 bits per heavy atom. The van der Waals surface area contributed by atoms with Crippen LogP contribution in [0.15, 0.2) is 22.7 Å². The van der Waals surface area contributed by atoms with Crippen LogP contribution in [0.2, 0.25) is 0 Å². The molecule has 0 saturated heterocycles. The summed E-state index contributed by atoms with van der Waals surface area (Å²) in [6, 6.07) is 5.01. The second-order valence-corrected chi connectivity index (χ2v) is 6.93. The molecule has 1 heterocycles. The molecular weight excluding hydrogens is 339 g/mol. The van der Waals surface area contributed by atoms with Gasteiger partial charge in [0.1, 0.15) is 5.82 Å². The van der Waals surface area contributed by atoms with Crippen LogP contribution in [0.25, 0.3) is 0 Å². The molecule has 1 aromatic heterocycles. The van der Waals surface area contributed by atoms with Gasteiger partial charge in [-0.05, 0) is 38.6 Å². The molecule has 0 bridgehead atoms. The molecule has 0 spiro atoms. The van der Waals surface area contributed by atoms with E-state index < -0.39 is 0 Å². The molecule has 0 aliphatic rings. The molecule has 0 aliphatic heterocycles. The molecule has 1 aromatic carbocycles. The minimum absolute atomic E-state index is 0.0533. The number of likely N-dealkylation sites (N-methyl/N-ethyl adjacent to an activating group) is 1. The third-order valence-electron chi connectivity index (χ3n) is 3.24. The van der Waals surface area contributed by atoms with E-state index in [0.717, 1.165) is 21.7 Å². The molecule has 2 aromatic rings. The normalized spacial score (nSPS) is 12.7. The largest absolute Gasteiger partial charge is 0.310 e. The van der Waals surface area contributed by atoms with Crippen molar-refractivity contribution >= 4 is 27.3 Å². The van der Waals surface area contributed by atoms with Crippen molar-refractivity contribution in [2.24, 2.45) is 0 Å². The van der Waals surface area contributed by atoms with Gasteiger partial charge >= 0.3 is 0 Å². The van der Waals surface area contributed by atoms with Crippen LogP contribution < -0.4 is 5.32 Å². The van der Waals surface area contributed by atoms with E-state index in [2.05, 4.69) is 33.2 Å². The zero-order chi connectivity index (χ0) is 14.7. The lowest BCUT2D eigenvalue weighted by Crippen LogP contribution is -2.24. The third-order valence-corrected chi connectivity index (χ3v) is 4.82. The second-order valence-electron chi connectivity index (χ2n) is 4.73. The first-order valence-electron chi connectivity index (χ1n) is 6.62. The highest BCUT2D eigenvalue weighted by atomic mass is 79.9. The van der Waals surface area contributed by atoms with Crippen molar-refractivity contribution in [3.05, 3.63) is 49.6 Å². The monoisotopic (exact) mass is 356 g/mol. The van der Waals surface area contributed by atoms with Crippen molar-refractivity contribution in [3.8, 4) is 0 Å². The topological polar surface area (TPSA) is 24.9 Å². The second kappa shape index (κ2) is 6.78. The maximum Gasteiger partial charge on any atom is 0.128 e. The van der Waals surface area contributed by atoms with Crippen LogP contribution in [0.4, 0.5) is 4.39 Å². The van der Waals surface area contributed by atoms with Crippen molar-refractivity contribution < 1.29 is 4.39 Å². The van der Waals surface area contributed by atoms with E-state index in [1.807, 2.05) is 19.9 Å². The fourth-order valence-corrected chi connectivity index (χ4v) is 3.48. The zero-order valence-corrected chi connectivity index (χ0v) is 14.2. The highest BCUT2D eigenvalue weighted by molar-refractivity contribution is 9.10. The number of rotatable bonds is 5. The quantitative estimate of drug-likeness (QED) is 0.849. The first kappa shape index (κ1) is 15.6. The lowest BCUT2D eigenvalue weighted by Gasteiger charge is -2.18. The van der Waals surface area contributed by atoms with Crippen molar-refractivity contribution in [3.63, 3.8) is 0 Å². The van der Waals surface area contributed by atoms with Crippen molar-refractivity contribution in [1.29, 1.82) is 0 Å². The van der Waals surface area contributed by atoms with Gasteiger partial charge in [0, 0.05) is 27.4 Å². The summed E-state index contributed by atoms with van der Waals surface area (Å²) in [7, 11) is 0. The van der Waals surface area contributed by atoms with Crippen molar-refractivity contribution in [2.45, 2.75) is 33.2 Å². The first-order valence-corrected chi connectivity index (χ1v) is 8.23. The Morgan fingerprint density at radius 3 is 2.75 bits per heavy atom. The van der Waals surface area contributed by atoms with E-state index in [0.29, 0.717) is 12.0 Å². The summed E-state index contributed by atoms with van der Waals surface area (Å²) >= 11 is 5.10. The van der Waals surface area contributed by atoms with Crippen molar-refractivity contribution in [1.82, 2.24) is 10.3 Å². The molecule has 0 saturated carbocycles. The minimum Gasteiger partial charge on any atom is -0.310 e. The summed E-state index contributed by atoms with van der Waals surface area (Å²) in [5, 5.41) is 4.40. The Labute approximate surface area is 131 Å². The summed E-state index contributed by atoms with van der Waals surface area (Å²) in [4.78, 5) is 5.78. The molecule has 1 unspecified atom stereocenters. The van der Waals surface area contributed by atoms with Gasteiger partial charge in [0.15, 0.2) is 0 Å². The van der Waals surface area contributed by atoms with Crippen LogP contribution in [-0.4, -0.2) is 11.5 Å². The number of nitrogens with one attached hydrogen (secondary N) is 1. The van der Waals surface area contributed by atoms with Gasteiger partial charge in [-0.2, -0.15) is 0 Å². The van der Waals surface area contributed by atoms with Crippen LogP contribution in [-0.2, 0) is 6.42 Å². The van der Waals surface area contributed by atoms with E-state index in [1.165, 1.54) is 10.9 Å².